The molecule has 0 radical (unpaired) electrons. The number of nitrogens with zero attached hydrogens (tertiary/aromatic N) is 3. The Bertz CT molecular complexity index is 1270. The van der Waals surface area contributed by atoms with Crippen LogP contribution in [0.15, 0.2) is 66.2 Å². The fourth-order valence-corrected chi connectivity index (χ4v) is 4.79. The van der Waals surface area contributed by atoms with Gasteiger partial charge in [0.25, 0.3) is 5.91 Å². The molecule has 0 aliphatic carbocycles. The molecule has 0 spiro atoms. The van der Waals surface area contributed by atoms with Gasteiger partial charge in [-0.15, -0.1) is 11.3 Å². The van der Waals surface area contributed by atoms with Gasteiger partial charge in [0.2, 0.25) is 5.91 Å². The van der Waals surface area contributed by atoms with Crippen LogP contribution in [0.2, 0.25) is 0 Å². The molecule has 1 atom stereocenters. The number of likely N-dealkylation sites (tertiary alicyclic amines) is 1. The van der Waals surface area contributed by atoms with Crippen molar-refractivity contribution in [1.82, 2.24) is 14.3 Å². The first-order valence-corrected chi connectivity index (χ1v) is 11.3. The number of benzene rings is 2. The number of hydrogen-bond donors (Lipinski definition) is 1. The van der Waals surface area contributed by atoms with Crippen LogP contribution in [-0.4, -0.2) is 39.2 Å². The number of piperidine rings is 1. The number of amides is 2. The average Bonchev–Trinajstić information content (AvgIpc) is 3.42. The molecule has 0 unspecified atom stereocenters. The minimum absolute atomic E-state index is 0.133. The zero-order valence-corrected chi connectivity index (χ0v) is 18.0. The van der Waals surface area contributed by atoms with Crippen LogP contribution in [0, 0.1) is 11.7 Å². The Kier molecular flexibility index (Phi) is 5.45. The third-order valence-electron chi connectivity index (χ3n) is 5.72. The number of halogens is 1. The van der Waals surface area contributed by atoms with Gasteiger partial charge in [0.15, 0.2) is 4.96 Å². The van der Waals surface area contributed by atoms with Gasteiger partial charge in [-0.2, -0.15) is 0 Å². The second-order valence-corrected chi connectivity index (χ2v) is 8.69. The lowest BCUT2D eigenvalue weighted by molar-refractivity contribution is -0.121. The summed E-state index contributed by atoms with van der Waals surface area (Å²) in [5, 5.41) is 5.00. The maximum Gasteiger partial charge on any atom is 0.253 e. The van der Waals surface area contributed by atoms with Crippen molar-refractivity contribution in [2.24, 2.45) is 5.92 Å². The van der Waals surface area contributed by atoms with Gasteiger partial charge in [0.1, 0.15) is 17.3 Å². The number of aromatic nitrogens is 2. The van der Waals surface area contributed by atoms with Gasteiger partial charge in [-0.05, 0) is 37.1 Å². The van der Waals surface area contributed by atoms with Crippen LogP contribution in [-0.2, 0) is 4.79 Å². The second kappa shape index (κ2) is 8.55. The lowest BCUT2D eigenvalue weighted by atomic mass is 9.96. The summed E-state index contributed by atoms with van der Waals surface area (Å²) in [6, 6.07) is 15.3. The summed E-state index contributed by atoms with van der Waals surface area (Å²) in [6.07, 6.45) is 3.32. The fourth-order valence-electron chi connectivity index (χ4n) is 4.07. The van der Waals surface area contributed by atoms with E-state index in [0.29, 0.717) is 30.9 Å². The first kappa shape index (κ1) is 20.4. The smallest absolute Gasteiger partial charge is 0.253 e. The fraction of sp³-hybridized carbons (Fsp3) is 0.208. The van der Waals surface area contributed by atoms with Gasteiger partial charge < -0.3 is 10.2 Å². The van der Waals surface area contributed by atoms with E-state index in [2.05, 4.69) is 5.32 Å². The highest BCUT2D eigenvalue weighted by molar-refractivity contribution is 7.15. The van der Waals surface area contributed by atoms with Crippen molar-refractivity contribution in [1.29, 1.82) is 0 Å². The topological polar surface area (TPSA) is 66.7 Å². The second-order valence-electron chi connectivity index (χ2n) is 7.82. The number of carbonyl (C=O) groups excluding carboxylic acids is 2. The van der Waals surface area contributed by atoms with Crippen molar-refractivity contribution in [3.05, 3.63) is 77.6 Å². The van der Waals surface area contributed by atoms with E-state index in [9.17, 15) is 14.0 Å². The summed E-state index contributed by atoms with van der Waals surface area (Å²) < 4.78 is 15.1. The minimum atomic E-state index is -0.382. The van der Waals surface area contributed by atoms with Gasteiger partial charge in [0.05, 0.1) is 5.92 Å². The van der Waals surface area contributed by atoms with Gasteiger partial charge in [-0.3, -0.25) is 14.0 Å². The molecule has 32 heavy (non-hydrogen) atoms. The summed E-state index contributed by atoms with van der Waals surface area (Å²) in [4.78, 5) is 33.2. The number of carbonyl (C=O) groups is 2. The van der Waals surface area contributed by atoms with Gasteiger partial charge >= 0.3 is 0 Å². The van der Waals surface area contributed by atoms with Gasteiger partial charge in [-0.25, -0.2) is 9.37 Å². The Morgan fingerprint density at radius 3 is 2.66 bits per heavy atom. The molecule has 162 valence electrons. The first-order chi connectivity index (χ1) is 15.6. The van der Waals surface area contributed by atoms with E-state index >= 15 is 0 Å². The summed E-state index contributed by atoms with van der Waals surface area (Å²) in [5.74, 6) is -0.392. The summed E-state index contributed by atoms with van der Waals surface area (Å²) >= 11 is 1.50. The molecule has 4 aromatic rings. The van der Waals surface area contributed by atoms with Crippen molar-refractivity contribution < 1.29 is 14.0 Å². The molecule has 8 heteroatoms. The quantitative estimate of drug-likeness (QED) is 0.492. The normalized spacial score (nSPS) is 16.3. The molecule has 1 N–H and O–H groups in total. The highest BCUT2D eigenvalue weighted by Crippen LogP contribution is 2.31. The molecule has 0 bridgehead atoms. The van der Waals surface area contributed by atoms with Crippen molar-refractivity contribution >= 4 is 33.9 Å². The number of nitrogens with one attached hydrogen (secondary N) is 1. The van der Waals surface area contributed by atoms with E-state index in [-0.39, 0.29) is 23.5 Å². The maximum atomic E-state index is 13.2. The van der Waals surface area contributed by atoms with Crippen molar-refractivity contribution in [2.75, 3.05) is 18.4 Å². The van der Waals surface area contributed by atoms with Crippen LogP contribution >= 0.6 is 11.3 Å². The van der Waals surface area contributed by atoms with Crippen LogP contribution in [0.4, 0.5) is 10.2 Å². The van der Waals surface area contributed by atoms with Crippen LogP contribution in [0.1, 0.15) is 23.2 Å². The minimum Gasteiger partial charge on any atom is -0.338 e. The third-order valence-corrected chi connectivity index (χ3v) is 6.48. The zero-order valence-electron chi connectivity index (χ0n) is 17.2. The monoisotopic (exact) mass is 448 g/mol. The molecule has 2 aromatic heterocycles. The molecule has 5 rings (SSSR count). The SMILES string of the molecule is O=C(Nc1c(-c2ccccc2)nc2sccn12)[C@@H]1CCCN(C(=O)c2ccc(F)cc2)C1. The van der Waals surface area contributed by atoms with Crippen molar-refractivity contribution in [2.45, 2.75) is 12.8 Å². The number of thiazole rings is 1. The highest BCUT2D eigenvalue weighted by atomic mass is 32.1. The molecule has 2 aromatic carbocycles. The highest BCUT2D eigenvalue weighted by Gasteiger charge is 2.30. The number of fused-ring (bicyclic) bond motifs is 1. The lowest BCUT2D eigenvalue weighted by Crippen LogP contribution is -2.43. The summed E-state index contributed by atoms with van der Waals surface area (Å²) in [7, 11) is 0. The predicted octanol–water partition coefficient (Wildman–Crippen LogP) is 4.69. The Labute approximate surface area is 188 Å². The van der Waals surface area contributed by atoms with Crippen LogP contribution in [0.5, 0.6) is 0 Å². The number of rotatable bonds is 4. The number of anilines is 1. The zero-order chi connectivity index (χ0) is 22.1. The molecule has 6 nitrogen and oxygen atoms in total. The van der Waals surface area contributed by atoms with Crippen LogP contribution < -0.4 is 5.32 Å². The molecule has 1 fully saturated rings. The van der Waals surface area contributed by atoms with E-state index in [0.717, 1.165) is 22.6 Å². The van der Waals surface area contributed by atoms with E-state index in [1.54, 1.807) is 4.90 Å². The third kappa shape index (κ3) is 3.89. The molecular weight excluding hydrogens is 427 g/mol. The number of imidazole rings is 1. The van der Waals surface area contributed by atoms with E-state index in [1.807, 2.05) is 46.3 Å². The molecular formula is C24H21FN4O2S. The number of hydrogen-bond acceptors (Lipinski definition) is 4. The Balaban J connectivity index is 1.36. The molecule has 1 aliphatic heterocycles. The van der Waals surface area contributed by atoms with Gasteiger partial charge in [0, 0.05) is 35.8 Å². The van der Waals surface area contributed by atoms with Crippen LogP contribution in [0.25, 0.3) is 16.2 Å². The largest absolute Gasteiger partial charge is 0.338 e. The van der Waals surface area contributed by atoms with E-state index in [1.165, 1.54) is 35.6 Å². The van der Waals surface area contributed by atoms with Crippen molar-refractivity contribution in [3.8, 4) is 11.3 Å². The molecule has 2 amide bonds. The first-order valence-electron chi connectivity index (χ1n) is 10.5. The summed E-state index contributed by atoms with van der Waals surface area (Å²) in [6.45, 7) is 0.908. The summed E-state index contributed by atoms with van der Waals surface area (Å²) in [5.41, 5.74) is 2.07. The Morgan fingerprint density at radius 2 is 1.88 bits per heavy atom. The van der Waals surface area contributed by atoms with Gasteiger partial charge in [-0.1, -0.05) is 30.3 Å². The molecule has 0 saturated carbocycles. The van der Waals surface area contributed by atoms with Crippen molar-refractivity contribution in [3.63, 3.8) is 0 Å². The molecule has 1 saturated heterocycles. The van der Waals surface area contributed by atoms with E-state index < -0.39 is 0 Å². The lowest BCUT2D eigenvalue weighted by Gasteiger charge is -2.32. The molecule has 3 heterocycles. The molecule has 1 aliphatic rings. The van der Waals surface area contributed by atoms with E-state index in [4.69, 9.17) is 4.98 Å². The predicted molar refractivity (Wildman–Crippen MR) is 122 cm³/mol. The Morgan fingerprint density at radius 1 is 1.09 bits per heavy atom. The standard InChI is InChI=1S/C24H21FN4O2S/c25-19-10-8-17(9-11-19)23(31)28-12-4-7-18(15-28)22(30)27-21-20(16-5-2-1-3-6-16)26-24-29(21)13-14-32-24/h1-3,5-6,8-11,13-14,18H,4,7,12,15H2,(H,27,30)/t18-/m1/s1. The Hall–Kier alpha value is -3.52. The van der Waals surface area contributed by atoms with Crippen LogP contribution in [0.3, 0.4) is 0 Å². The maximum absolute atomic E-state index is 13.2. The average molecular weight is 449 g/mol.